The van der Waals surface area contributed by atoms with Gasteiger partial charge in [0, 0.05) is 24.4 Å². The van der Waals surface area contributed by atoms with E-state index in [9.17, 15) is 0 Å². The van der Waals surface area contributed by atoms with Crippen LogP contribution in [-0.4, -0.2) is 4.98 Å². The van der Waals surface area contributed by atoms with Crippen molar-refractivity contribution in [2.24, 2.45) is 11.5 Å². The number of hydrogen-bond donors (Lipinski definition) is 2. The third kappa shape index (κ3) is 2.87. The summed E-state index contributed by atoms with van der Waals surface area (Å²) in [5.41, 5.74) is 13.1. The fraction of sp³-hybridized carbons (Fsp3) is 0.300. The van der Waals surface area contributed by atoms with Gasteiger partial charge in [-0.25, -0.2) is 0 Å². The minimum absolute atomic E-state index is 0.0589. The van der Waals surface area contributed by atoms with Crippen molar-refractivity contribution in [1.29, 1.82) is 0 Å². The molecule has 0 aliphatic carbocycles. The molecule has 1 atom stereocenters. The minimum atomic E-state index is 0.0589. The molecular formula is C10H15N3. The SMILES string of the molecule is CC(N)c1ccnc(CC=CN)c1. The number of nitrogens with zero attached hydrogens (tertiary/aromatic N) is 1. The van der Waals surface area contributed by atoms with Crippen molar-refractivity contribution in [2.45, 2.75) is 19.4 Å². The Kier molecular flexibility index (Phi) is 3.46. The first-order valence-electron chi connectivity index (χ1n) is 4.31. The Morgan fingerprint density at radius 2 is 2.38 bits per heavy atom. The largest absolute Gasteiger partial charge is 0.405 e. The molecule has 0 saturated carbocycles. The van der Waals surface area contributed by atoms with Crippen LogP contribution in [0.15, 0.2) is 30.6 Å². The third-order valence-corrected chi connectivity index (χ3v) is 1.83. The van der Waals surface area contributed by atoms with E-state index < -0.39 is 0 Å². The summed E-state index contributed by atoms with van der Waals surface area (Å²) in [6, 6.07) is 3.99. The van der Waals surface area contributed by atoms with Crippen molar-refractivity contribution in [3.05, 3.63) is 41.9 Å². The van der Waals surface area contributed by atoms with Crippen LogP contribution in [-0.2, 0) is 6.42 Å². The number of allylic oxidation sites excluding steroid dienone is 1. The van der Waals surface area contributed by atoms with Crippen LogP contribution in [0.5, 0.6) is 0 Å². The first-order chi connectivity index (χ1) is 6.24. The van der Waals surface area contributed by atoms with E-state index in [1.54, 1.807) is 6.20 Å². The molecule has 0 spiro atoms. The van der Waals surface area contributed by atoms with E-state index in [0.717, 1.165) is 17.7 Å². The molecule has 1 unspecified atom stereocenters. The van der Waals surface area contributed by atoms with Gasteiger partial charge in [0.05, 0.1) is 0 Å². The van der Waals surface area contributed by atoms with Crippen molar-refractivity contribution in [3.8, 4) is 0 Å². The van der Waals surface area contributed by atoms with Crippen molar-refractivity contribution in [1.82, 2.24) is 4.98 Å². The maximum Gasteiger partial charge on any atom is 0.0445 e. The van der Waals surface area contributed by atoms with E-state index in [0.29, 0.717) is 0 Å². The lowest BCUT2D eigenvalue weighted by Crippen LogP contribution is -2.05. The van der Waals surface area contributed by atoms with Gasteiger partial charge < -0.3 is 11.5 Å². The van der Waals surface area contributed by atoms with E-state index in [2.05, 4.69) is 4.98 Å². The van der Waals surface area contributed by atoms with E-state index in [-0.39, 0.29) is 6.04 Å². The average molecular weight is 177 g/mol. The van der Waals surface area contributed by atoms with Crippen LogP contribution in [0.4, 0.5) is 0 Å². The van der Waals surface area contributed by atoms with E-state index in [4.69, 9.17) is 11.5 Å². The molecule has 1 aromatic heterocycles. The monoisotopic (exact) mass is 177 g/mol. The molecule has 1 heterocycles. The summed E-state index contributed by atoms with van der Waals surface area (Å²) in [6.07, 6.45) is 5.93. The zero-order valence-corrected chi connectivity index (χ0v) is 7.77. The van der Waals surface area contributed by atoms with Crippen LogP contribution in [0.3, 0.4) is 0 Å². The molecule has 1 aromatic rings. The van der Waals surface area contributed by atoms with Gasteiger partial charge in [-0.3, -0.25) is 4.98 Å². The Hall–Kier alpha value is -1.35. The standard InChI is InChI=1S/C10H15N3/c1-8(12)9-4-6-13-10(7-9)3-2-5-11/h2,4-8H,3,11-12H2,1H3. The molecule has 0 aromatic carbocycles. The van der Waals surface area contributed by atoms with Gasteiger partial charge >= 0.3 is 0 Å². The molecule has 4 N–H and O–H groups in total. The second-order valence-corrected chi connectivity index (χ2v) is 3.00. The highest BCUT2D eigenvalue weighted by Gasteiger charge is 1.99. The summed E-state index contributed by atoms with van der Waals surface area (Å²) < 4.78 is 0. The lowest BCUT2D eigenvalue weighted by atomic mass is 10.1. The smallest absolute Gasteiger partial charge is 0.0445 e. The van der Waals surface area contributed by atoms with Crippen LogP contribution in [0.25, 0.3) is 0 Å². The number of nitrogens with two attached hydrogens (primary N) is 2. The van der Waals surface area contributed by atoms with Gasteiger partial charge in [-0.2, -0.15) is 0 Å². The van der Waals surface area contributed by atoms with Gasteiger partial charge in [0.1, 0.15) is 0 Å². The average Bonchev–Trinajstić information content (AvgIpc) is 2.15. The van der Waals surface area contributed by atoms with Gasteiger partial charge in [0.25, 0.3) is 0 Å². The molecule has 13 heavy (non-hydrogen) atoms. The van der Waals surface area contributed by atoms with E-state index >= 15 is 0 Å². The molecule has 0 aliphatic heterocycles. The lowest BCUT2D eigenvalue weighted by molar-refractivity contribution is 0.811. The fourth-order valence-electron chi connectivity index (χ4n) is 1.08. The zero-order valence-electron chi connectivity index (χ0n) is 7.77. The first-order valence-corrected chi connectivity index (χ1v) is 4.31. The molecule has 0 saturated heterocycles. The molecule has 0 bridgehead atoms. The molecule has 70 valence electrons. The van der Waals surface area contributed by atoms with E-state index in [1.165, 1.54) is 6.20 Å². The van der Waals surface area contributed by atoms with Crippen LogP contribution in [0, 0.1) is 0 Å². The Morgan fingerprint density at radius 1 is 1.62 bits per heavy atom. The number of hydrogen-bond acceptors (Lipinski definition) is 3. The molecule has 0 amide bonds. The highest BCUT2D eigenvalue weighted by molar-refractivity contribution is 5.20. The predicted molar refractivity (Wildman–Crippen MR) is 53.9 cm³/mol. The second kappa shape index (κ2) is 4.62. The van der Waals surface area contributed by atoms with Gasteiger partial charge in [-0.05, 0) is 30.8 Å². The summed E-state index contributed by atoms with van der Waals surface area (Å²) in [5.74, 6) is 0. The molecular weight excluding hydrogens is 162 g/mol. The van der Waals surface area contributed by atoms with Crippen LogP contribution in [0.2, 0.25) is 0 Å². The lowest BCUT2D eigenvalue weighted by Gasteiger charge is -2.05. The Balaban J connectivity index is 2.79. The summed E-state index contributed by atoms with van der Waals surface area (Å²) in [4.78, 5) is 4.20. The second-order valence-electron chi connectivity index (χ2n) is 3.00. The molecule has 0 radical (unpaired) electrons. The van der Waals surface area contributed by atoms with Crippen LogP contribution in [0.1, 0.15) is 24.2 Å². The van der Waals surface area contributed by atoms with Crippen LogP contribution >= 0.6 is 0 Å². The summed E-state index contributed by atoms with van der Waals surface area (Å²) in [5, 5.41) is 0. The fourth-order valence-corrected chi connectivity index (χ4v) is 1.08. The molecule has 1 rings (SSSR count). The maximum absolute atomic E-state index is 5.74. The van der Waals surface area contributed by atoms with Crippen molar-refractivity contribution in [2.75, 3.05) is 0 Å². The Morgan fingerprint density at radius 3 is 3.00 bits per heavy atom. The summed E-state index contributed by atoms with van der Waals surface area (Å²) in [6.45, 7) is 1.96. The Labute approximate surface area is 78.5 Å². The highest BCUT2D eigenvalue weighted by atomic mass is 14.7. The van der Waals surface area contributed by atoms with Crippen LogP contribution < -0.4 is 11.5 Å². The first kappa shape index (κ1) is 9.74. The van der Waals surface area contributed by atoms with Gasteiger partial charge in [0.15, 0.2) is 0 Å². The molecule has 3 heteroatoms. The topological polar surface area (TPSA) is 64.9 Å². The molecule has 0 fully saturated rings. The van der Waals surface area contributed by atoms with Gasteiger partial charge in [-0.1, -0.05) is 6.08 Å². The van der Waals surface area contributed by atoms with E-state index in [1.807, 2.05) is 25.1 Å². The number of aromatic nitrogens is 1. The number of pyridine rings is 1. The number of rotatable bonds is 3. The summed E-state index contributed by atoms with van der Waals surface area (Å²) >= 11 is 0. The quantitative estimate of drug-likeness (QED) is 0.727. The third-order valence-electron chi connectivity index (χ3n) is 1.83. The van der Waals surface area contributed by atoms with Crippen molar-refractivity contribution < 1.29 is 0 Å². The highest BCUT2D eigenvalue weighted by Crippen LogP contribution is 2.09. The normalized spacial score (nSPS) is 13.4. The van der Waals surface area contributed by atoms with Crippen molar-refractivity contribution >= 4 is 0 Å². The zero-order chi connectivity index (χ0) is 9.68. The van der Waals surface area contributed by atoms with Gasteiger partial charge in [0.2, 0.25) is 0 Å². The van der Waals surface area contributed by atoms with Crippen molar-refractivity contribution in [3.63, 3.8) is 0 Å². The van der Waals surface area contributed by atoms with Gasteiger partial charge in [-0.15, -0.1) is 0 Å². The Bertz CT molecular complexity index is 292. The maximum atomic E-state index is 5.74. The predicted octanol–water partition coefficient (Wildman–Crippen LogP) is 1.12. The molecule has 0 aliphatic rings. The molecule has 3 nitrogen and oxygen atoms in total. The summed E-state index contributed by atoms with van der Waals surface area (Å²) in [7, 11) is 0. The minimum Gasteiger partial charge on any atom is -0.405 e.